The Balaban J connectivity index is 1.99. The quantitative estimate of drug-likeness (QED) is 0.390. The van der Waals surface area contributed by atoms with Gasteiger partial charge in [0, 0.05) is 17.9 Å². The maximum atomic E-state index is 13.0. The fourth-order valence-corrected chi connectivity index (χ4v) is 2.44. The van der Waals surface area contributed by atoms with E-state index in [0.29, 0.717) is 16.6 Å². The number of benzene rings is 2. The molecule has 0 spiro atoms. The van der Waals surface area contributed by atoms with Gasteiger partial charge in [-0.1, -0.05) is 35.5 Å². The van der Waals surface area contributed by atoms with Crippen molar-refractivity contribution in [3.63, 3.8) is 0 Å². The summed E-state index contributed by atoms with van der Waals surface area (Å²) < 4.78 is 13.0. The van der Waals surface area contributed by atoms with Crippen LogP contribution in [0.25, 0.3) is 0 Å². The average Bonchev–Trinajstić information content (AvgIpc) is 2.49. The van der Waals surface area contributed by atoms with Crippen molar-refractivity contribution in [3.8, 4) is 0 Å². The molecular weight excluding hydrogens is 329 g/mol. The molecule has 0 amide bonds. The van der Waals surface area contributed by atoms with E-state index in [4.69, 9.17) is 17.3 Å². The fraction of sp³-hybridized carbons (Fsp3) is 0.0714. The monoisotopic (exact) mass is 339 g/mol. The molecule has 0 aromatic heterocycles. The molecule has 5 nitrogen and oxygen atoms in total. The molecule has 0 aliphatic heterocycles. The van der Waals surface area contributed by atoms with Gasteiger partial charge in [0.2, 0.25) is 0 Å². The van der Waals surface area contributed by atoms with Gasteiger partial charge in [-0.3, -0.25) is 10.1 Å². The number of amidine groups is 1. The maximum Gasteiger partial charge on any atom is 0.269 e. The molecule has 2 aromatic carbocycles. The number of nitrogens with two attached hydrogens (primary N) is 1. The Hall–Kier alpha value is -2.12. The second-order valence-corrected chi connectivity index (χ2v) is 5.66. The van der Waals surface area contributed by atoms with Gasteiger partial charge in [0.1, 0.15) is 5.82 Å². The van der Waals surface area contributed by atoms with E-state index in [0.717, 1.165) is 5.56 Å². The van der Waals surface area contributed by atoms with Gasteiger partial charge in [0.15, 0.2) is 5.17 Å². The summed E-state index contributed by atoms with van der Waals surface area (Å²) in [5.41, 5.74) is 7.16. The minimum Gasteiger partial charge on any atom is -0.378 e. The van der Waals surface area contributed by atoms with Crippen molar-refractivity contribution in [3.05, 3.63) is 69.0 Å². The molecule has 0 saturated carbocycles. The smallest absolute Gasteiger partial charge is 0.269 e. The summed E-state index contributed by atoms with van der Waals surface area (Å²) >= 11 is 6.93. The summed E-state index contributed by atoms with van der Waals surface area (Å²) in [6.07, 6.45) is 0. The van der Waals surface area contributed by atoms with Crippen LogP contribution in [0.4, 0.5) is 15.8 Å². The van der Waals surface area contributed by atoms with Crippen LogP contribution in [0.3, 0.4) is 0 Å². The van der Waals surface area contributed by atoms with Gasteiger partial charge in [0.25, 0.3) is 5.69 Å². The van der Waals surface area contributed by atoms with Crippen LogP contribution in [0, 0.1) is 15.9 Å². The van der Waals surface area contributed by atoms with E-state index in [-0.39, 0.29) is 10.7 Å². The zero-order chi connectivity index (χ0) is 16.1. The highest BCUT2D eigenvalue weighted by Crippen LogP contribution is 2.23. The van der Waals surface area contributed by atoms with Gasteiger partial charge in [0.05, 0.1) is 15.6 Å². The average molecular weight is 340 g/mol. The van der Waals surface area contributed by atoms with Crippen LogP contribution in [-0.2, 0) is 5.75 Å². The molecule has 0 saturated heterocycles. The van der Waals surface area contributed by atoms with Crippen molar-refractivity contribution < 1.29 is 9.31 Å². The first-order valence-electron chi connectivity index (χ1n) is 6.11. The van der Waals surface area contributed by atoms with E-state index in [1.54, 1.807) is 12.1 Å². The van der Waals surface area contributed by atoms with Crippen LogP contribution in [0.5, 0.6) is 0 Å². The largest absolute Gasteiger partial charge is 0.378 e. The van der Waals surface area contributed by atoms with Gasteiger partial charge < -0.3 is 5.73 Å². The summed E-state index contributed by atoms with van der Waals surface area (Å²) in [7, 11) is 0. The third-order valence-corrected chi connectivity index (χ3v) is 3.83. The van der Waals surface area contributed by atoms with Gasteiger partial charge in [-0.15, -0.1) is 0 Å². The SMILES string of the molecule is NC(=Nc1ccc(F)c(Cl)c1)SCc1ccc([N+](=O)[O-])cc1. The standard InChI is InChI=1S/C14H11ClFN3O2S/c15-12-7-10(3-6-13(12)16)18-14(17)22-8-9-1-4-11(5-2-9)19(20)21/h1-7H,8H2,(H2,17,18). The molecule has 2 aromatic rings. The topological polar surface area (TPSA) is 81.5 Å². The highest BCUT2D eigenvalue weighted by Gasteiger charge is 2.05. The third kappa shape index (κ3) is 4.44. The number of thioether (sulfide) groups is 1. The van der Waals surface area contributed by atoms with Crippen molar-refractivity contribution >= 4 is 39.9 Å². The number of nitro benzene ring substituents is 1. The highest BCUT2D eigenvalue weighted by atomic mass is 35.5. The number of nitro groups is 1. The number of halogens is 2. The normalized spacial score (nSPS) is 11.5. The molecule has 0 heterocycles. The predicted octanol–water partition coefficient (Wildman–Crippen LogP) is 4.27. The molecule has 0 aliphatic rings. The number of hydrogen-bond donors (Lipinski definition) is 1. The second kappa shape index (κ2) is 7.24. The molecule has 0 fully saturated rings. The molecule has 0 radical (unpaired) electrons. The molecular formula is C14H11ClFN3O2S. The maximum absolute atomic E-state index is 13.0. The minimum absolute atomic E-state index is 0.0191. The fourth-order valence-electron chi connectivity index (χ4n) is 1.59. The number of hydrogen-bond acceptors (Lipinski definition) is 4. The predicted molar refractivity (Wildman–Crippen MR) is 87.1 cm³/mol. The Morgan fingerprint density at radius 2 is 2.00 bits per heavy atom. The Kier molecular flexibility index (Phi) is 5.35. The lowest BCUT2D eigenvalue weighted by atomic mass is 10.2. The van der Waals surface area contributed by atoms with E-state index in [9.17, 15) is 14.5 Å². The van der Waals surface area contributed by atoms with Crippen molar-refractivity contribution in [2.45, 2.75) is 5.75 Å². The van der Waals surface area contributed by atoms with E-state index in [1.165, 1.54) is 42.1 Å². The minimum atomic E-state index is -0.516. The zero-order valence-corrected chi connectivity index (χ0v) is 12.8. The first-order chi connectivity index (χ1) is 10.5. The summed E-state index contributed by atoms with van der Waals surface area (Å²) in [6, 6.07) is 10.3. The van der Waals surface area contributed by atoms with Gasteiger partial charge in [-0.25, -0.2) is 9.38 Å². The highest BCUT2D eigenvalue weighted by molar-refractivity contribution is 8.13. The van der Waals surface area contributed by atoms with E-state index in [2.05, 4.69) is 4.99 Å². The molecule has 0 atom stereocenters. The molecule has 114 valence electrons. The van der Waals surface area contributed by atoms with Crippen molar-refractivity contribution in [1.29, 1.82) is 0 Å². The van der Waals surface area contributed by atoms with Crippen molar-refractivity contribution in [2.75, 3.05) is 0 Å². The van der Waals surface area contributed by atoms with Crippen LogP contribution in [0.2, 0.25) is 5.02 Å². The number of rotatable bonds is 4. The lowest BCUT2D eigenvalue weighted by molar-refractivity contribution is -0.384. The Bertz CT molecular complexity index is 723. The van der Waals surface area contributed by atoms with Crippen LogP contribution in [-0.4, -0.2) is 10.1 Å². The van der Waals surface area contributed by atoms with Gasteiger partial charge in [-0.2, -0.15) is 0 Å². The summed E-state index contributed by atoms with van der Waals surface area (Å²) in [4.78, 5) is 14.2. The molecule has 2 rings (SSSR count). The van der Waals surface area contributed by atoms with Crippen LogP contribution >= 0.6 is 23.4 Å². The molecule has 8 heteroatoms. The van der Waals surface area contributed by atoms with Crippen LogP contribution < -0.4 is 5.73 Å². The van der Waals surface area contributed by atoms with E-state index in [1.807, 2.05) is 0 Å². The summed E-state index contributed by atoms with van der Waals surface area (Å²) in [5.74, 6) is 0.000126. The van der Waals surface area contributed by atoms with Crippen molar-refractivity contribution in [2.24, 2.45) is 10.7 Å². The van der Waals surface area contributed by atoms with Crippen LogP contribution in [0.15, 0.2) is 47.5 Å². The zero-order valence-electron chi connectivity index (χ0n) is 11.2. The first kappa shape index (κ1) is 16.3. The molecule has 22 heavy (non-hydrogen) atoms. The van der Waals surface area contributed by atoms with Crippen LogP contribution in [0.1, 0.15) is 5.56 Å². The Morgan fingerprint density at radius 1 is 1.32 bits per heavy atom. The van der Waals surface area contributed by atoms with Gasteiger partial charge in [-0.05, 0) is 23.8 Å². The number of non-ortho nitro benzene ring substituents is 1. The number of aliphatic imine (C=N–C) groups is 1. The lowest BCUT2D eigenvalue weighted by Crippen LogP contribution is -2.06. The Labute approximate surface area is 135 Å². The second-order valence-electron chi connectivity index (χ2n) is 4.26. The number of nitrogens with zero attached hydrogens (tertiary/aromatic N) is 2. The third-order valence-electron chi connectivity index (χ3n) is 2.68. The Morgan fingerprint density at radius 3 is 2.59 bits per heavy atom. The summed E-state index contributed by atoms with van der Waals surface area (Å²) in [6.45, 7) is 0. The van der Waals surface area contributed by atoms with E-state index < -0.39 is 10.7 Å². The van der Waals surface area contributed by atoms with Crippen molar-refractivity contribution in [1.82, 2.24) is 0 Å². The lowest BCUT2D eigenvalue weighted by Gasteiger charge is -2.02. The molecule has 0 bridgehead atoms. The van der Waals surface area contributed by atoms with E-state index >= 15 is 0 Å². The van der Waals surface area contributed by atoms with Gasteiger partial charge >= 0.3 is 0 Å². The molecule has 0 aliphatic carbocycles. The molecule has 0 unspecified atom stereocenters. The molecule has 2 N–H and O–H groups in total. The first-order valence-corrected chi connectivity index (χ1v) is 7.47. The summed E-state index contributed by atoms with van der Waals surface area (Å²) in [5, 5.41) is 10.8.